The topological polar surface area (TPSA) is 67.4 Å². The van der Waals surface area contributed by atoms with Crippen molar-refractivity contribution in [3.63, 3.8) is 0 Å². The lowest BCUT2D eigenvalue weighted by Crippen LogP contribution is -2.48. The summed E-state index contributed by atoms with van der Waals surface area (Å²) in [6, 6.07) is 6.43. The largest absolute Gasteiger partial charge is 0.484 e. The minimum atomic E-state index is -0.485. The summed E-state index contributed by atoms with van der Waals surface area (Å²) in [7, 11) is 0. The van der Waals surface area contributed by atoms with Crippen LogP contribution in [0.25, 0.3) is 0 Å². The predicted molar refractivity (Wildman–Crippen MR) is 85.0 cm³/mol. The van der Waals surface area contributed by atoms with Crippen LogP contribution < -0.4 is 15.4 Å². The van der Waals surface area contributed by atoms with E-state index >= 15 is 0 Å². The van der Waals surface area contributed by atoms with Gasteiger partial charge in [0.05, 0.1) is 0 Å². The van der Waals surface area contributed by atoms with Gasteiger partial charge in [-0.05, 0) is 37.0 Å². The SMILES string of the molecule is C[C@H]1CCCC[C@@H]1NC(=O)NC(=O)COc1cccc(Cl)c1. The molecule has 2 atom stereocenters. The first kappa shape index (κ1) is 16.6. The van der Waals surface area contributed by atoms with Crippen LogP contribution in [0.4, 0.5) is 4.79 Å². The van der Waals surface area contributed by atoms with Crippen LogP contribution in [-0.2, 0) is 4.79 Å². The van der Waals surface area contributed by atoms with Crippen molar-refractivity contribution in [2.45, 2.75) is 38.6 Å². The van der Waals surface area contributed by atoms with Gasteiger partial charge in [-0.1, -0.05) is 37.4 Å². The van der Waals surface area contributed by atoms with Crippen molar-refractivity contribution in [2.24, 2.45) is 5.92 Å². The third-order valence-electron chi connectivity index (χ3n) is 3.85. The van der Waals surface area contributed by atoms with Gasteiger partial charge in [0.2, 0.25) is 0 Å². The first-order valence-corrected chi connectivity index (χ1v) is 7.91. The number of nitrogens with one attached hydrogen (secondary N) is 2. The number of ether oxygens (including phenoxy) is 1. The summed E-state index contributed by atoms with van der Waals surface area (Å²) in [4.78, 5) is 23.5. The van der Waals surface area contributed by atoms with Crippen LogP contribution >= 0.6 is 11.6 Å². The molecule has 0 saturated heterocycles. The molecular formula is C16H21ClN2O3. The molecule has 1 aliphatic rings. The molecule has 6 heteroatoms. The molecule has 1 aromatic rings. The van der Waals surface area contributed by atoms with Gasteiger partial charge in [0, 0.05) is 11.1 Å². The number of hydrogen-bond donors (Lipinski definition) is 2. The lowest BCUT2D eigenvalue weighted by molar-refractivity contribution is -0.122. The highest BCUT2D eigenvalue weighted by Crippen LogP contribution is 2.23. The van der Waals surface area contributed by atoms with Gasteiger partial charge in [-0.25, -0.2) is 4.79 Å². The molecule has 0 bridgehead atoms. The van der Waals surface area contributed by atoms with E-state index in [4.69, 9.17) is 16.3 Å². The van der Waals surface area contributed by atoms with E-state index in [1.165, 1.54) is 6.42 Å². The molecule has 0 aromatic heterocycles. The Hall–Kier alpha value is -1.75. The number of halogens is 1. The average Bonchev–Trinajstić information content (AvgIpc) is 2.47. The van der Waals surface area contributed by atoms with Crippen LogP contribution in [-0.4, -0.2) is 24.6 Å². The Morgan fingerprint density at radius 2 is 2.09 bits per heavy atom. The van der Waals surface area contributed by atoms with E-state index in [1.807, 2.05) is 0 Å². The van der Waals surface area contributed by atoms with Gasteiger partial charge < -0.3 is 10.1 Å². The highest BCUT2D eigenvalue weighted by Gasteiger charge is 2.23. The van der Waals surface area contributed by atoms with Crippen molar-refractivity contribution in [3.05, 3.63) is 29.3 Å². The second kappa shape index (κ2) is 8.03. The van der Waals surface area contributed by atoms with Crippen molar-refractivity contribution in [3.8, 4) is 5.75 Å². The molecule has 0 radical (unpaired) electrons. The Morgan fingerprint density at radius 3 is 2.82 bits per heavy atom. The van der Waals surface area contributed by atoms with E-state index in [0.29, 0.717) is 16.7 Å². The van der Waals surface area contributed by atoms with Crippen molar-refractivity contribution < 1.29 is 14.3 Å². The lowest BCUT2D eigenvalue weighted by atomic mass is 9.86. The van der Waals surface area contributed by atoms with Gasteiger partial charge in [-0.2, -0.15) is 0 Å². The normalized spacial score (nSPS) is 21.0. The smallest absolute Gasteiger partial charge is 0.321 e. The van der Waals surface area contributed by atoms with Crippen molar-refractivity contribution in [2.75, 3.05) is 6.61 Å². The highest BCUT2D eigenvalue weighted by molar-refractivity contribution is 6.30. The fourth-order valence-corrected chi connectivity index (χ4v) is 2.78. The number of imide groups is 1. The molecule has 0 aliphatic heterocycles. The maximum atomic E-state index is 11.8. The zero-order valence-electron chi connectivity index (χ0n) is 12.6. The molecule has 120 valence electrons. The number of benzene rings is 1. The second-order valence-corrected chi connectivity index (χ2v) is 6.07. The molecule has 5 nitrogen and oxygen atoms in total. The Kier molecular flexibility index (Phi) is 6.07. The van der Waals surface area contributed by atoms with Gasteiger partial charge in [-0.3, -0.25) is 10.1 Å². The van der Waals surface area contributed by atoms with Gasteiger partial charge in [0.25, 0.3) is 5.91 Å². The molecule has 0 heterocycles. The van der Waals surface area contributed by atoms with Crippen LogP contribution in [0, 0.1) is 5.92 Å². The first-order chi connectivity index (χ1) is 10.5. The van der Waals surface area contributed by atoms with E-state index in [9.17, 15) is 9.59 Å². The summed E-state index contributed by atoms with van der Waals surface area (Å²) in [6.07, 6.45) is 4.38. The number of amides is 3. The molecule has 2 rings (SSSR count). The fraction of sp³-hybridized carbons (Fsp3) is 0.500. The number of hydrogen-bond acceptors (Lipinski definition) is 3. The van der Waals surface area contributed by atoms with E-state index in [-0.39, 0.29) is 12.6 Å². The standard InChI is InChI=1S/C16H21ClN2O3/c1-11-5-2-3-8-14(11)18-16(21)19-15(20)10-22-13-7-4-6-12(17)9-13/h4,6-7,9,11,14H,2-3,5,8,10H2,1H3,(H2,18,19,20,21)/t11-,14-/m0/s1. The Morgan fingerprint density at radius 1 is 1.32 bits per heavy atom. The fourth-order valence-electron chi connectivity index (χ4n) is 2.60. The molecule has 0 unspecified atom stereocenters. The molecule has 1 saturated carbocycles. The quantitative estimate of drug-likeness (QED) is 0.894. The monoisotopic (exact) mass is 324 g/mol. The zero-order chi connectivity index (χ0) is 15.9. The van der Waals surface area contributed by atoms with Crippen molar-refractivity contribution >= 4 is 23.5 Å². The Balaban J connectivity index is 1.73. The van der Waals surface area contributed by atoms with Crippen molar-refractivity contribution in [1.29, 1.82) is 0 Å². The summed E-state index contributed by atoms with van der Waals surface area (Å²) in [5, 5.41) is 5.67. The number of carbonyl (C=O) groups is 2. The molecule has 3 amide bonds. The number of carbonyl (C=O) groups excluding carboxylic acids is 2. The van der Waals surface area contributed by atoms with Gasteiger partial charge in [-0.15, -0.1) is 0 Å². The molecule has 2 N–H and O–H groups in total. The van der Waals surface area contributed by atoms with Gasteiger partial charge in [0.1, 0.15) is 5.75 Å². The van der Waals surface area contributed by atoms with E-state index < -0.39 is 11.9 Å². The molecule has 1 fully saturated rings. The van der Waals surface area contributed by atoms with Gasteiger partial charge >= 0.3 is 6.03 Å². The predicted octanol–water partition coefficient (Wildman–Crippen LogP) is 3.12. The summed E-state index contributed by atoms with van der Waals surface area (Å²) < 4.78 is 5.28. The molecule has 22 heavy (non-hydrogen) atoms. The zero-order valence-corrected chi connectivity index (χ0v) is 13.4. The average molecular weight is 325 g/mol. The van der Waals surface area contributed by atoms with E-state index in [0.717, 1.165) is 19.3 Å². The van der Waals surface area contributed by atoms with Crippen LogP contribution in [0.3, 0.4) is 0 Å². The first-order valence-electron chi connectivity index (χ1n) is 7.53. The second-order valence-electron chi connectivity index (χ2n) is 5.64. The van der Waals surface area contributed by atoms with Crippen LogP contribution in [0.5, 0.6) is 5.75 Å². The maximum Gasteiger partial charge on any atom is 0.321 e. The number of rotatable bonds is 4. The number of urea groups is 1. The molecule has 0 spiro atoms. The molecular weight excluding hydrogens is 304 g/mol. The minimum absolute atomic E-state index is 0.135. The lowest BCUT2D eigenvalue weighted by Gasteiger charge is -2.29. The molecule has 1 aliphatic carbocycles. The van der Waals surface area contributed by atoms with Crippen LogP contribution in [0.2, 0.25) is 5.02 Å². The molecule has 1 aromatic carbocycles. The van der Waals surface area contributed by atoms with Crippen LogP contribution in [0.15, 0.2) is 24.3 Å². The third kappa shape index (κ3) is 5.22. The summed E-state index contributed by atoms with van der Waals surface area (Å²) in [5.74, 6) is 0.446. The third-order valence-corrected chi connectivity index (χ3v) is 4.08. The van der Waals surface area contributed by atoms with Crippen molar-refractivity contribution in [1.82, 2.24) is 10.6 Å². The van der Waals surface area contributed by atoms with Crippen LogP contribution in [0.1, 0.15) is 32.6 Å². The highest BCUT2D eigenvalue weighted by atomic mass is 35.5. The van der Waals surface area contributed by atoms with Gasteiger partial charge in [0.15, 0.2) is 6.61 Å². The van der Waals surface area contributed by atoms with E-state index in [2.05, 4.69) is 17.6 Å². The summed E-state index contributed by atoms with van der Waals surface area (Å²) >= 11 is 5.82. The summed E-state index contributed by atoms with van der Waals surface area (Å²) in [6.45, 7) is 1.89. The van der Waals surface area contributed by atoms with E-state index in [1.54, 1.807) is 24.3 Å². The Bertz CT molecular complexity index is 536. The minimum Gasteiger partial charge on any atom is -0.484 e. The maximum absolute atomic E-state index is 11.8. The summed E-state index contributed by atoms with van der Waals surface area (Å²) in [5.41, 5.74) is 0. The Labute approximate surface area is 135 Å².